The van der Waals surface area contributed by atoms with Gasteiger partial charge in [-0.05, 0) is 32.0 Å². The number of nitrogens with one attached hydrogen (secondary N) is 2. The maximum Gasteiger partial charge on any atom is 0.417 e. The molecule has 2 rings (SSSR count). The lowest BCUT2D eigenvalue weighted by atomic mass is 10.2. The second-order valence-corrected chi connectivity index (χ2v) is 5.70. The molecule has 0 bridgehead atoms. The van der Waals surface area contributed by atoms with Crippen molar-refractivity contribution in [2.24, 2.45) is 0 Å². The zero-order valence-corrected chi connectivity index (χ0v) is 13.8. The van der Waals surface area contributed by atoms with Gasteiger partial charge in [0.25, 0.3) is 0 Å². The number of nitro groups is 1. The van der Waals surface area contributed by atoms with Gasteiger partial charge in [-0.1, -0.05) is 11.6 Å². The van der Waals surface area contributed by atoms with E-state index in [4.69, 9.17) is 11.6 Å². The summed E-state index contributed by atoms with van der Waals surface area (Å²) in [4.78, 5) is 18.2. The summed E-state index contributed by atoms with van der Waals surface area (Å²) >= 11 is 5.56. The molecular weight excluding hydrogens is 363 g/mol. The van der Waals surface area contributed by atoms with Crippen LogP contribution in [0.25, 0.3) is 0 Å². The first kappa shape index (κ1) is 18.7. The molecule has 1 heterocycles. The predicted octanol–water partition coefficient (Wildman–Crippen LogP) is 4.62. The average Bonchev–Trinajstić information content (AvgIpc) is 2.47. The molecule has 0 unspecified atom stereocenters. The van der Waals surface area contributed by atoms with E-state index in [1.165, 1.54) is 6.07 Å². The molecule has 0 aliphatic heterocycles. The van der Waals surface area contributed by atoms with Crippen LogP contribution in [0.1, 0.15) is 19.4 Å². The number of hydrogen-bond donors (Lipinski definition) is 2. The second kappa shape index (κ2) is 7.09. The van der Waals surface area contributed by atoms with Crippen LogP contribution in [0.2, 0.25) is 5.02 Å². The Morgan fingerprint density at radius 2 is 1.88 bits per heavy atom. The lowest BCUT2D eigenvalue weighted by Gasteiger charge is -2.14. The molecule has 2 aromatic rings. The lowest BCUT2D eigenvalue weighted by molar-refractivity contribution is -0.383. The monoisotopic (exact) mass is 375 g/mol. The summed E-state index contributed by atoms with van der Waals surface area (Å²) in [6.07, 6.45) is -3.59. The molecule has 0 saturated heterocycles. The van der Waals surface area contributed by atoms with E-state index in [-0.39, 0.29) is 23.4 Å². The van der Waals surface area contributed by atoms with Gasteiger partial charge < -0.3 is 10.6 Å². The van der Waals surface area contributed by atoms with Crippen molar-refractivity contribution < 1.29 is 18.1 Å². The predicted molar refractivity (Wildman–Crippen MR) is 87.2 cm³/mol. The van der Waals surface area contributed by atoms with Crippen LogP contribution >= 0.6 is 11.6 Å². The van der Waals surface area contributed by atoms with Gasteiger partial charge in [0.05, 0.1) is 15.5 Å². The van der Waals surface area contributed by atoms with Gasteiger partial charge >= 0.3 is 11.9 Å². The minimum Gasteiger partial charge on any atom is -0.362 e. The number of anilines is 3. The van der Waals surface area contributed by atoms with Crippen LogP contribution < -0.4 is 10.6 Å². The molecule has 0 fully saturated rings. The summed E-state index contributed by atoms with van der Waals surface area (Å²) in [7, 11) is 0. The number of halogens is 4. The van der Waals surface area contributed by atoms with Crippen LogP contribution in [-0.4, -0.2) is 20.9 Å². The summed E-state index contributed by atoms with van der Waals surface area (Å²) in [5.74, 6) is -0.277. The van der Waals surface area contributed by atoms with E-state index >= 15 is 0 Å². The molecule has 0 radical (unpaired) electrons. The number of nitrogens with zero attached hydrogens (tertiary/aromatic N) is 3. The van der Waals surface area contributed by atoms with E-state index in [2.05, 4.69) is 20.6 Å². The number of aromatic nitrogens is 2. The van der Waals surface area contributed by atoms with Crippen molar-refractivity contribution in [2.45, 2.75) is 26.1 Å². The van der Waals surface area contributed by atoms with Crippen LogP contribution in [0.3, 0.4) is 0 Å². The highest BCUT2D eigenvalue weighted by Crippen LogP contribution is 2.38. The average molecular weight is 376 g/mol. The van der Waals surface area contributed by atoms with Crippen molar-refractivity contribution in [3.63, 3.8) is 0 Å². The van der Waals surface area contributed by atoms with Gasteiger partial charge in [-0.25, -0.2) is 9.97 Å². The standard InChI is InChI=1S/C14H13ClF3N5O2/c1-7(2)21-12-11(23(24)25)13(20-6-19-12)22-8-3-4-10(15)9(5-8)14(16,17)18/h3-7H,1-2H3,(H2,19,20,21,22). The fourth-order valence-corrected chi connectivity index (χ4v) is 2.20. The third-order valence-electron chi connectivity index (χ3n) is 2.96. The van der Waals surface area contributed by atoms with Gasteiger partial charge in [0.1, 0.15) is 6.33 Å². The lowest BCUT2D eigenvalue weighted by Crippen LogP contribution is -2.14. The summed E-state index contributed by atoms with van der Waals surface area (Å²) in [5, 5.41) is 16.2. The van der Waals surface area contributed by atoms with Gasteiger partial charge in [0, 0.05) is 11.7 Å². The SMILES string of the molecule is CC(C)Nc1ncnc(Nc2ccc(Cl)c(C(F)(F)F)c2)c1[N+](=O)[O-]. The van der Waals surface area contributed by atoms with Crippen molar-refractivity contribution >= 4 is 34.6 Å². The molecule has 1 aromatic carbocycles. The zero-order valence-electron chi connectivity index (χ0n) is 13.1. The summed E-state index contributed by atoms with van der Waals surface area (Å²) in [6, 6.07) is 2.92. The molecule has 0 saturated carbocycles. The third-order valence-corrected chi connectivity index (χ3v) is 3.29. The van der Waals surface area contributed by atoms with E-state index in [0.29, 0.717) is 0 Å². The number of hydrogen-bond acceptors (Lipinski definition) is 6. The summed E-state index contributed by atoms with van der Waals surface area (Å²) < 4.78 is 38.8. The fraction of sp³-hybridized carbons (Fsp3) is 0.286. The van der Waals surface area contributed by atoms with E-state index in [1.54, 1.807) is 13.8 Å². The molecule has 2 N–H and O–H groups in total. The Labute approximate surface area is 145 Å². The van der Waals surface area contributed by atoms with E-state index in [1.807, 2.05) is 0 Å². The smallest absolute Gasteiger partial charge is 0.362 e. The molecule has 0 aliphatic rings. The maximum absolute atomic E-state index is 12.9. The van der Waals surface area contributed by atoms with E-state index in [0.717, 1.165) is 18.5 Å². The van der Waals surface area contributed by atoms with E-state index in [9.17, 15) is 23.3 Å². The Hall–Kier alpha value is -2.62. The molecule has 0 atom stereocenters. The Kier molecular flexibility index (Phi) is 5.31. The number of benzene rings is 1. The summed E-state index contributed by atoms with van der Waals surface area (Å²) in [5.41, 5.74) is -1.58. The molecule has 7 nitrogen and oxygen atoms in total. The first-order valence-electron chi connectivity index (χ1n) is 6.99. The molecule has 0 amide bonds. The van der Waals surface area contributed by atoms with Gasteiger partial charge in [-0.15, -0.1) is 0 Å². The highest BCUT2D eigenvalue weighted by atomic mass is 35.5. The van der Waals surface area contributed by atoms with Crippen molar-refractivity contribution in [2.75, 3.05) is 10.6 Å². The first-order chi connectivity index (χ1) is 11.6. The fourth-order valence-electron chi connectivity index (χ4n) is 1.98. The van der Waals surface area contributed by atoms with Gasteiger partial charge in [-0.2, -0.15) is 13.2 Å². The van der Waals surface area contributed by atoms with Gasteiger partial charge in [-0.3, -0.25) is 10.1 Å². The zero-order chi connectivity index (χ0) is 18.8. The molecule has 0 spiro atoms. The van der Waals surface area contributed by atoms with E-state index < -0.39 is 27.4 Å². The molecule has 11 heteroatoms. The van der Waals surface area contributed by atoms with Crippen molar-refractivity contribution in [1.82, 2.24) is 9.97 Å². The van der Waals surface area contributed by atoms with Crippen LogP contribution in [0.4, 0.5) is 36.2 Å². The topological polar surface area (TPSA) is 93.0 Å². The third kappa shape index (κ3) is 4.47. The Bertz CT molecular complexity index is 799. The van der Waals surface area contributed by atoms with Crippen molar-refractivity contribution in [1.29, 1.82) is 0 Å². The summed E-state index contributed by atoms with van der Waals surface area (Å²) in [6.45, 7) is 3.52. The van der Waals surface area contributed by atoms with Crippen molar-refractivity contribution in [3.05, 3.63) is 45.2 Å². The Morgan fingerprint density at radius 1 is 1.24 bits per heavy atom. The number of rotatable bonds is 5. The Morgan fingerprint density at radius 3 is 2.44 bits per heavy atom. The highest BCUT2D eigenvalue weighted by Gasteiger charge is 2.33. The minimum atomic E-state index is -4.66. The maximum atomic E-state index is 12.9. The van der Waals surface area contributed by atoms with Gasteiger partial charge in [0.15, 0.2) is 0 Å². The minimum absolute atomic E-state index is 0.0393. The Balaban J connectivity index is 2.46. The molecule has 134 valence electrons. The molecular formula is C14H13ClF3N5O2. The van der Waals surface area contributed by atoms with Crippen LogP contribution in [0, 0.1) is 10.1 Å². The molecule has 25 heavy (non-hydrogen) atoms. The van der Waals surface area contributed by atoms with Crippen LogP contribution in [0.5, 0.6) is 0 Å². The number of alkyl halides is 3. The highest BCUT2D eigenvalue weighted by molar-refractivity contribution is 6.31. The van der Waals surface area contributed by atoms with Crippen LogP contribution in [-0.2, 0) is 6.18 Å². The molecule has 1 aromatic heterocycles. The van der Waals surface area contributed by atoms with Gasteiger partial charge in [0.2, 0.25) is 11.6 Å². The molecule has 0 aliphatic carbocycles. The first-order valence-corrected chi connectivity index (χ1v) is 7.37. The quantitative estimate of drug-likeness (QED) is 0.585. The van der Waals surface area contributed by atoms with Crippen LogP contribution in [0.15, 0.2) is 24.5 Å². The normalized spacial score (nSPS) is 11.5. The largest absolute Gasteiger partial charge is 0.417 e. The van der Waals surface area contributed by atoms with Crippen molar-refractivity contribution in [3.8, 4) is 0 Å². The second-order valence-electron chi connectivity index (χ2n) is 5.29.